The van der Waals surface area contributed by atoms with Crippen molar-refractivity contribution in [3.8, 4) is 0 Å². The summed E-state index contributed by atoms with van der Waals surface area (Å²) in [5.41, 5.74) is 6.86. The highest BCUT2D eigenvalue weighted by molar-refractivity contribution is 5.76. The van der Waals surface area contributed by atoms with E-state index in [1.807, 2.05) is 31.7 Å². The molecule has 1 amide bonds. The maximum Gasteiger partial charge on any atom is 0.295 e. The van der Waals surface area contributed by atoms with Gasteiger partial charge in [-0.05, 0) is 0 Å². The number of rotatable bonds is 2. The highest BCUT2D eigenvalue weighted by Crippen LogP contribution is 2.02. The summed E-state index contributed by atoms with van der Waals surface area (Å²) >= 11 is 0. The van der Waals surface area contributed by atoms with Crippen LogP contribution in [0, 0.1) is 13.8 Å². The lowest BCUT2D eigenvalue weighted by Crippen LogP contribution is -2.34. The highest BCUT2D eigenvalue weighted by Gasteiger charge is 2.12. The first kappa shape index (κ1) is 9.64. The molecule has 0 aliphatic heterocycles. The van der Waals surface area contributed by atoms with Crippen molar-refractivity contribution in [2.24, 2.45) is 12.8 Å². The van der Waals surface area contributed by atoms with Crippen LogP contribution >= 0.6 is 0 Å². The molecule has 0 aliphatic rings. The topological polar surface area (TPSA) is 59.9 Å². The first-order valence-corrected chi connectivity index (χ1v) is 4.11. The maximum atomic E-state index is 10.7. The molecule has 13 heavy (non-hydrogen) atoms. The Kier molecular flexibility index (Phi) is 2.60. The average molecular weight is 180 g/mol. The molecule has 0 fully saturated rings. The summed E-state index contributed by atoms with van der Waals surface area (Å²) in [4.78, 5) is 15.0. The predicted molar refractivity (Wildman–Crippen MR) is 47.8 cm³/mol. The molecule has 0 saturated heterocycles. The molecule has 1 rings (SSSR count). The van der Waals surface area contributed by atoms with Gasteiger partial charge in [0, 0.05) is 19.4 Å². The van der Waals surface area contributed by atoms with Gasteiger partial charge in [0.05, 0.1) is 19.7 Å². The Morgan fingerprint density at radius 2 is 2.23 bits per heavy atom. The van der Waals surface area contributed by atoms with Gasteiger partial charge in [-0.15, -0.1) is 0 Å². The quantitative estimate of drug-likeness (QED) is 0.627. The van der Waals surface area contributed by atoms with Gasteiger partial charge in [-0.1, -0.05) is 4.98 Å². The van der Waals surface area contributed by atoms with E-state index in [9.17, 15) is 4.79 Å². The van der Waals surface area contributed by atoms with E-state index < -0.39 is 0 Å². The predicted octanol–water partition coefficient (Wildman–Crippen LogP) is -0.449. The number of nitrogens with zero attached hydrogens (tertiary/aromatic N) is 2. The zero-order valence-corrected chi connectivity index (χ0v) is 8.16. The van der Waals surface area contributed by atoms with Crippen LogP contribution in [0.15, 0.2) is 6.20 Å². The fraction of sp³-hybridized carbons (Fsp3) is 0.444. The van der Waals surface area contributed by atoms with Gasteiger partial charge in [-0.3, -0.25) is 4.79 Å². The second kappa shape index (κ2) is 3.51. The van der Waals surface area contributed by atoms with E-state index in [2.05, 4.69) is 4.98 Å². The third kappa shape index (κ3) is 2.24. The maximum absolute atomic E-state index is 10.7. The number of hydrogen-bond acceptors (Lipinski definition) is 2. The van der Waals surface area contributed by atoms with Gasteiger partial charge >= 0.3 is 0 Å². The van der Waals surface area contributed by atoms with Crippen LogP contribution < -0.4 is 10.3 Å². The lowest BCUT2D eigenvalue weighted by Gasteiger charge is -2.00. The third-order valence-corrected chi connectivity index (χ3v) is 2.02. The highest BCUT2D eigenvalue weighted by atomic mass is 16.1. The molecule has 0 aromatic carbocycles. The first-order valence-electron chi connectivity index (χ1n) is 4.11. The second-order valence-electron chi connectivity index (χ2n) is 3.15. The van der Waals surface area contributed by atoms with Crippen LogP contribution in [0.1, 0.15) is 17.1 Å². The molecule has 0 saturated carbocycles. The van der Waals surface area contributed by atoms with Crippen molar-refractivity contribution >= 4 is 5.91 Å². The summed E-state index contributed by atoms with van der Waals surface area (Å²) in [6.07, 6.45) is 2.15. The van der Waals surface area contributed by atoms with Crippen LogP contribution in [0.5, 0.6) is 0 Å². The van der Waals surface area contributed by atoms with Crippen LogP contribution in [-0.2, 0) is 18.3 Å². The monoisotopic (exact) mass is 180 g/mol. The van der Waals surface area contributed by atoms with Crippen LogP contribution in [0.2, 0.25) is 0 Å². The normalized spacial score (nSPS) is 10.1. The summed E-state index contributed by atoms with van der Waals surface area (Å²) in [6.45, 7) is 3.80. The van der Waals surface area contributed by atoms with Crippen molar-refractivity contribution in [2.75, 3.05) is 0 Å². The molecule has 0 radical (unpaired) electrons. The molecule has 1 aromatic heterocycles. The number of aryl methyl sites for hydroxylation is 3. The number of amides is 1. The minimum absolute atomic E-state index is 0.257. The molecule has 1 aromatic rings. The zero-order valence-electron chi connectivity index (χ0n) is 8.16. The van der Waals surface area contributed by atoms with Gasteiger partial charge in [-0.25, -0.2) is 4.57 Å². The molecule has 2 N–H and O–H groups in total. The van der Waals surface area contributed by atoms with Gasteiger partial charge in [0.1, 0.15) is 0 Å². The summed E-state index contributed by atoms with van der Waals surface area (Å²) in [7, 11) is 1.90. The molecule has 4 heteroatoms. The number of nitrogens with two attached hydrogens (primary N) is 1. The van der Waals surface area contributed by atoms with Crippen LogP contribution in [0.25, 0.3) is 0 Å². The van der Waals surface area contributed by atoms with E-state index in [4.69, 9.17) is 5.73 Å². The SMILES string of the molecule is Cc1nc(C)[n+](C)cc1CC(N)=O. The minimum Gasteiger partial charge on any atom is -0.369 e. The largest absolute Gasteiger partial charge is 0.369 e. The lowest BCUT2D eigenvalue weighted by molar-refractivity contribution is -0.681. The van der Waals surface area contributed by atoms with Crippen LogP contribution in [0.3, 0.4) is 0 Å². The molecule has 70 valence electrons. The lowest BCUT2D eigenvalue weighted by atomic mass is 10.1. The molecular weight excluding hydrogens is 166 g/mol. The average Bonchev–Trinajstić information content (AvgIpc) is 1.99. The van der Waals surface area contributed by atoms with E-state index in [1.54, 1.807) is 0 Å². The van der Waals surface area contributed by atoms with E-state index in [0.717, 1.165) is 17.1 Å². The van der Waals surface area contributed by atoms with E-state index in [-0.39, 0.29) is 12.3 Å². The van der Waals surface area contributed by atoms with E-state index in [0.29, 0.717) is 0 Å². The Hall–Kier alpha value is -1.45. The Bertz CT molecular complexity index is 347. The summed E-state index contributed by atoms with van der Waals surface area (Å²) in [6, 6.07) is 0. The van der Waals surface area contributed by atoms with Crippen molar-refractivity contribution in [1.82, 2.24) is 4.98 Å². The first-order chi connectivity index (χ1) is 6.00. The fourth-order valence-corrected chi connectivity index (χ4v) is 1.18. The van der Waals surface area contributed by atoms with Crippen LogP contribution in [0.4, 0.5) is 0 Å². The number of hydrogen-bond donors (Lipinski definition) is 1. The summed E-state index contributed by atoms with van der Waals surface area (Å²) in [5, 5.41) is 0. The van der Waals surface area contributed by atoms with Gasteiger partial charge < -0.3 is 5.73 Å². The van der Waals surface area contributed by atoms with Gasteiger partial charge in [-0.2, -0.15) is 0 Å². The van der Waals surface area contributed by atoms with Crippen molar-refractivity contribution < 1.29 is 9.36 Å². The van der Waals surface area contributed by atoms with E-state index in [1.165, 1.54) is 0 Å². The Morgan fingerprint density at radius 1 is 1.62 bits per heavy atom. The molecule has 0 atom stereocenters. The Labute approximate surface area is 77.4 Å². The van der Waals surface area contributed by atoms with E-state index >= 15 is 0 Å². The molecule has 0 unspecified atom stereocenters. The van der Waals surface area contributed by atoms with Gasteiger partial charge in [0.2, 0.25) is 5.91 Å². The van der Waals surface area contributed by atoms with Gasteiger partial charge in [0.15, 0.2) is 5.69 Å². The molecule has 0 spiro atoms. The van der Waals surface area contributed by atoms with Crippen LogP contribution in [-0.4, -0.2) is 10.9 Å². The third-order valence-electron chi connectivity index (χ3n) is 2.02. The summed E-state index contributed by atoms with van der Waals surface area (Å²) < 4.78 is 1.88. The molecule has 4 nitrogen and oxygen atoms in total. The Balaban J connectivity index is 3.08. The minimum atomic E-state index is -0.325. The molecular formula is C9H14N3O+. The molecule has 1 heterocycles. The second-order valence-corrected chi connectivity index (χ2v) is 3.15. The standard InChI is InChI=1S/C9H13N3O/c1-6-8(4-9(10)13)5-12(3)7(2)11-6/h5H,4H2,1-3H3,(H-,10,13)/p+1. The number of carbonyl (C=O) groups excluding carboxylic acids is 1. The van der Waals surface area contributed by atoms with Crippen molar-refractivity contribution in [3.63, 3.8) is 0 Å². The number of primary amides is 1. The van der Waals surface area contributed by atoms with Gasteiger partial charge in [0.25, 0.3) is 5.82 Å². The number of aromatic nitrogens is 2. The summed E-state index contributed by atoms with van der Waals surface area (Å²) in [5.74, 6) is 0.597. The Morgan fingerprint density at radius 3 is 2.77 bits per heavy atom. The van der Waals surface area contributed by atoms with Crippen molar-refractivity contribution in [1.29, 1.82) is 0 Å². The van der Waals surface area contributed by atoms with Crippen molar-refractivity contribution in [3.05, 3.63) is 23.3 Å². The fourth-order valence-electron chi connectivity index (χ4n) is 1.18. The number of carbonyl (C=O) groups is 1. The zero-order chi connectivity index (χ0) is 10.0. The molecule has 0 aliphatic carbocycles. The molecule has 0 bridgehead atoms. The smallest absolute Gasteiger partial charge is 0.295 e. The van der Waals surface area contributed by atoms with Crippen molar-refractivity contribution in [2.45, 2.75) is 20.3 Å².